The number of hydrogen-bond acceptors (Lipinski definition) is 6. The number of aromatic nitrogens is 1. The molecule has 1 aromatic rings. The van der Waals surface area contributed by atoms with Gasteiger partial charge < -0.3 is 15.0 Å². The summed E-state index contributed by atoms with van der Waals surface area (Å²) in [7, 11) is 0. The molecule has 24 heavy (non-hydrogen) atoms. The van der Waals surface area contributed by atoms with Crippen LogP contribution in [0.15, 0.2) is 18.3 Å². The summed E-state index contributed by atoms with van der Waals surface area (Å²) in [5.41, 5.74) is -0.561. The molecule has 1 aliphatic rings. The summed E-state index contributed by atoms with van der Waals surface area (Å²) in [5.74, 6) is 0.463. The summed E-state index contributed by atoms with van der Waals surface area (Å²) in [5, 5.41) is 14.0. The third kappa shape index (κ3) is 5.07. The normalized spacial score (nSPS) is 18.1. The van der Waals surface area contributed by atoms with Crippen LogP contribution in [0.1, 0.15) is 33.6 Å². The predicted octanol–water partition coefficient (Wildman–Crippen LogP) is 3.05. The van der Waals surface area contributed by atoms with E-state index in [1.807, 2.05) is 20.8 Å². The number of hydrogen-bond donors (Lipinski definition) is 1. The highest BCUT2D eigenvalue weighted by molar-refractivity contribution is 5.68. The van der Waals surface area contributed by atoms with Gasteiger partial charge in [-0.05, 0) is 45.6 Å². The topological polar surface area (TPSA) is 97.6 Å². The summed E-state index contributed by atoms with van der Waals surface area (Å²) in [6, 6.07) is 2.96. The minimum Gasteiger partial charge on any atom is -0.444 e. The van der Waals surface area contributed by atoms with Crippen molar-refractivity contribution in [2.75, 3.05) is 25.0 Å². The number of ether oxygens (including phenoxy) is 1. The molecule has 1 aromatic heterocycles. The molecule has 0 spiro atoms. The van der Waals surface area contributed by atoms with E-state index in [-0.39, 0.29) is 23.5 Å². The average Bonchev–Trinajstić information content (AvgIpc) is 2.52. The van der Waals surface area contributed by atoms with Gasteiger partial charge in [-0.2, -0.15) is 0 Å². The van der Waals surface area contributed by atoms with Crippen molar-refractivity contribution in [3.8, 4) is 0 Å². The molecule has 8 nitrogen and oxygen atoms in total. The van der Waals surface area contributed by atoms with Crippen LogP contribution in [0.4, 0.5) is 16.3 Å². The van der Waals surface area contributed by atoms with E-state index < -0.39 is 10.5 Å². The second kappa shape index (κ2) is 7.46. The zero-order chi connectivity index (χ0) is 17.7. The maximum Gasteiger partial charge on any atom is 0.410 e. The molecule has 1 N–H and O–H groups in total. The standard InChI is InChI=1S/C16H24N4O4/c1-16(2,3)24-15(21)19-9-5-6-12(11-19)10-18-14-13(20(22)23)7-4-8-17-14/h4,7-8,12H,5-6,9-11H2,1-3H3,(H,17,18). The molecule has 1 unspecified atom stereocenters. The predicted molar refractivity (Wildman–Crippen MR) is 89.9 cm³/mol. The van der Waals surface area contributed by atoms with E-state index in [1.54, 1.807) is 4.90 Å². The number of nitro groups is 1. The third-order valence-corrected chi connectivity index (χ3v) is 3.71. The fourth-order valence-electron chi connectivity index (χ4n) is 2.65. The molecule has 0 aromatic carbocycles. The molecule has 8 heteroatoms. The molecule has 0 saturated carbocycles. The van der Waals surface area contributed by atoms with E-state index in [0.29, 0.717) is 19.6 Å². The maximum atomic E-state index is 12.2. The highest BCUT2D eigenvalue weighted by Crippen LogP contribution is 2.23. The van der Waals surface area contributed by atoms with Crippen LogP contribution in [0, 0.1) is 16.0 Å². The molecule has 132 valence electrons. The van der Waals surface area contributed by atoms with Crippen molar-refractivity contribution in [3.63, 3.8) is 0 Å². The van der Waals surface area contributed by atoms with E-state index in [0.717, 1.165) is 12.8 Å². The summed E-state index contributed by atoms with van der Waals surface area (Å²) in [4.78, 5) is 28.4. The Balaban J connectivity index is 1.92. The summed E-state index contributed by atoms with van der Waals surface area (Å²) in [6.45, 7) is 7.30. The Bertz CT molecular complexity index is 600. The zero-order valence-corrected chi connectivity index (χ0v) is 14.3. The van der Waals surface area contributed by atoms with Crippen molar-refractivity contribution < 1.29 is 14.5 Å². The van der Waals surface area contributed by atoms with Crippen molar-refractivity contribution in [2.45, 2.75) is 39.2 Å². The Hall–Kier alpha value is -2.38. The summed E-state index contributed by atoms with van der Waals surface area (Å²) >= 11 is 0. The molecule has 1 aliphatic heterocycles. The molecule has 0 radical (unpaired) electrons. The molecular formula is C16H24N4O4. The molecule has 2 rings (SSSR count). The first kappa shape index (κ1) is 18.0. The van der Waals surface area contributed by atoms with Crippen LogP contribution in [0.25, 0.3) is 0 Å². The molecule has 1 saturated heterocycles. The lowest BCUT2D eigenvalue weighted by atomic mass is 9.98. The van der Waals surface area contributed by atoms with Crippen LogP contribution < -0.4 is 5.32 Å². The third-order valence-electron chi connectivity index (χ3n) is 3.71. The van der Waals surface area contributed by atoms with E-state index >= 15 is 0 Å². The van der Waals surface area contributed by atoms with Crippen molar-refractivity contribution in [1.29, 1.82) is 0 Å². The second-order valence-corrected chi connectivity index (χ2v) is 6.94. The number of rotatable bonds is 4. The zero-order valence-electron chi connectivity index (χ0n) is 14.3. The van der Waals surface area contributed by atoms with Crippen LogP contribution in [0.2, 0.25) is 0 Å². The Morgan fingerprint density at radius 1 is 1.54 bits per heavy atom. The first-order valence-corrected chi connectivity index (χ1v) is 8.07. The van der Waals surface area contributed by atoms with Gasteiger partial charge in [0.1, 0.15) is 5.60 Å². The first-order chi connectivity index (χ1) is 11.3. The van der Waals surface area contributed by atoms with E-state index in [9.17, 15) is 14.9 Å². The van der Waals surface area contributed by atoms with Gasteiger partial charge in [0.25, 0.3) is 0 Å². The van der Waals surface area contributed by atoms with Crippen LogP contribution in [0.5, 0.6) is 0 Å². The van der Waals surface area contributed by atoms with Gasteiger partial charge in [-0.25, -0.2) is 9.78 Å². The van der Waals surface area contributed by atoms with Crippen LogP contribution in [-0.4, -0.2) is 46.1 Å². The number of carbonyl (C=O) groups is 1. The van der Waals surface area contributed by atoms with Crippen molar-refractivity contribution >= 4 is 17.6 Å². The van der Waals surface area contributed by atoms with Gasteiger partial charge in [-0.15, -0.1) is 0 Å². The highest BCUT2D eigenvalue weighted by atomic mass is 16.6. The van der Waals surface area contributed by atoms with Gasteiger partial charge in [0.05, 0.1) is 4.92 Å². The maximum absolute atomic E-state index is 12.2. The van der Waals surface area contributed by atoms with Gasteiger partial charge >= 0.3 is 11.8 Å². The number of amides is 1. The fraction of sp³-hybridized carbons (Fsp3) is 0.625. The smallest absolute Gasteiger partial charge is 0.410 e. The monoisotopic (exact) mass is 336 g/mol. The molecule has 0 aliphatic carbocycles. The Kier molecular flexibility index (Phi) is 5.58. The molecule has 0 bridgehead atoms. The Morgan fingerprint density at radius 3 is 2.96 bits per heavy atom. The van der Waals surface area contributed by atoms with E-state index in [4.69, 9.17) is 4.74 Å². The number of likely N-dealkylation sites (tertiary alicyclic amines) is 1. The molecule has 2 heterocycles. The second-order valence-electron chi connectivity index (χ2n) is 6.94. The van der Waals surface area contributed by atoms with Crippen molar-refractivity contribution in [2.24, 2.45) is 5.92 Å². The molecule has 1 fully saturated rings. The lowest BCUT2D eigenvalue weighted by Crippen LogP contribution is -2.44. The summed E-state index contributed by atoms with van der Waals surface area (Å²) in [6.07, 6.45) is 3.04. The average molecular weight is 336 g/mol. The van der Waals surface area contributed by atoms with E-state index in [2.05, 4.69) is 10.3 Å². The van der Waals surface area contributed by atoms with Crippen LogP contribution >= 0.6 is 0 Å². The van der Waals surface area contributed by atoms with Gasteiger partial charge in [0.2, 0.25) is 5.82 Å². The Morgan fingerprint density at radius 2 is 2.29 bits per heavy atom. The Labute approximate surface area is 141 Å². The van der Waals surface area contributed by atoms with Gasteiger partial charge in [-0.1, -0.05) is 0 Å². The van der Waals surface area contributed by atoms with Crippen LogP contribution in [0.3, 0.4) is 0 Å². The number of piperidine rings is 1. The van der Waals surface area contributed by atoms with Crippen molar-refractivity contribution in [1.82, 2.24) is 9.88 Å². The SMILES string of the molecule is CC(C)(C)OC(=O)N1CCCC(CNc2ncccc2[N+](=O)[O-])C1. The number of pyridine rings is 1. The lowest BCUT2D eigenvalue weighted by molar-refractivity contribution is -0.384. The molecular weight excluding hydrogens is 312 g/mol. The first-order valence-electron chi connectivity index (χ1n) is 8.07. The minimum absolute atomic E-state index is 0.0442. The quantitative estimate of drug-likeness (QED) is 0.670. The highest BCUT2D eigenvalue weighted by Gasteiger charge is 2.28. The minimum atomic E-state index is -0.517. The lowest BCUT2D eigenvalue weighted by Gasteiger charge is -2.34. The fourth-order valence-corrected chi connectivity index (χ4v) is 2.65. The molecule has 1 atom stereocenters. The van der Waals surface area contributed by atoms with Gasteiger partial charge in [-0.3, -0.25) is 10.1 Å². The van der Waals surface area contributed by atoms with Gasteiger partial charge in [0, 0.05) is 31.9 Å². The van der Waals surface area contributed by atoms with E-state index in [1.165, 1.54) is 18.3 Å². The number of nitrogens with zero attached hydrogens (tertiary/aromatic N) is 3. The van der Waals surface area contributed by atoms with Crippen molar-refractivity contribution in [3.05, 3.63) is 28.4 Å². The van der Waals surface area contributed by atoms with Crippen LogP contribution in [-0.2, 0) is 4.74 Å². The summed E-state index contributed by atoms with van der Waals surface area (Å²) < 4.78 is 5.40. The molecule has 1 amide bonds. The largest absolute Gasteiger partial charge is 0.444 e. The number of anilines is 1. The van der Waals surface area contributed by atoms with Gasteiger partial charge in [0.15, 0.2) is 0 Å². The number of carbonyl (C=O) groups excluding carboxylic acids is 1. The number of nitrogens with one attached hydrogen (secondary N) is 1.